The number of hydrogen-bond donors (Lipinski definition) is 3. The topological polar surface area (TPSA) is 155 Å². The van der Waals surface area contributed by atoms with Crippen LogP contribution in [0.4, 0.5) is 14.9 Å². The van der Waals surface area contributed by atoms with E-state index in [1.165, 1.54) is 21.7 Å². The molecule has 4 N–H and O–H groups in total. The van der Waals surface area contributed by atoms with Crippen molar-refractivity contribution in [2.75, 3.05) is 58.3 Å². The zero-order valence-corrected chi connectivity index (χ0v) is 25.7. The zero-order valence-electron chi connectivity index (χ0n) is 24.9. The number of methoxy groups -OCH3 is 1. The summed E-state index contributed by atoms with van der Waals surface area (Å²) in [6, 6.07) is 9.10. The second-order valence-electron chi connectivity index (χ2n) is 11.1. The molecule has 13 nitrogen and oxygen atoms in total. The number of rotatable bonds is 12. The Morgan fingerprint density at radius 3 is 2.58 bits per heavy atom. The molecule has 0 unspecified atom stereocenters. The Balaban J connectivity index is 1.24. The molecule has 3 aromatic rings. The number of primary amides is 1. The number of piperazine rings is 1. The number of amides is 5. The highest BCUT2D eigenvalue weighted by Gasteiger charge is 2.34. The first kappa shape index (κ1) is 32.1. The van der Waals surface area contributed by atoms with Crippen LogP contribution in [-0.4, -0.2) is 107 Å². The predicted octanol–water partition coefficient (Wildman–Crippen LogP) is 2.03. The highest BCUT2D eigenvalue weighted by atomic mass is 35.5. The minimum atomic E-state index is -0.784. The molecule has 1 aliphatic heterocycles. The van der Waals surface area contributed by atoms with Gasteiger partial charge in [-0.25, -0.2) is 9.18 Å². The van der Waals surface area contributed by atoms with Crippen molar-refractivity contribution in [1.29, 1.82) is 0 Å². The van der Waals surface area contributed by atoms with Crippen LogP contribution >= 0.6 is 11.6 Å². The minimum Gasteiger partial charge on any atom is -0.383 e. The summed E-state index contributed by atoms with van der Waals surface area (Å²) in [5.41, 5.74) is 6.74. The minimum absolute atomic E-state index is 0.0414. The molecular formula is C30H36ClFN8O5. The van der Waals surface area contributed by atoms with Crippen molar-refractivity contribution in [2.24, 2.45) is 5.73 Å². The number of benzene rings is 2. The van der Waals surface area contributed by atoms with Crippen LogP contribution < -0.4 is 16.4 Å². The van der Waals surface area contributed by atoms with Crippen LogP contribution in [0.3, 0.4) is 0 Å². The van der Waals surface area contributed by atoms with Gasteiger partial charge in [-0.15, -0.1) is 0 Å². The summed E-state index contributed by atoms with van der Waals surface area (Å²) < 4.78 is 20.7. The molecule has 0 radical (unpaired) electrons. The molecule has 5 amide bonds. The lowest BCUT2D eigenvalue weighted by Crippen LogP contribution is -2.50. The summed E-state index contributed by atoms with van der Waals surface area (Å²) in [6.07, 6.45) is 1.50. The molecule has 0 bridgehead atoms. The Labute approximate surface area is 264 Å². The van der Waals surface area contributed by atoms with Gasteiger partial charge in [0, 0.05) is 69.1 Å². The van der Waals surface area contributed by atoms with Gasteiger partial charge in [-0.05, 0) is 37.1 Å². The number of nitrogens with zero attached hydrogens (tertiary/aromatic N) is 5. The van der Waals surface area contributed by atoms with E-state index in [1.807, 2.05) is 0 Å². The highest BCUT2D eigenvalue weighted by molar-refractivity contribution is 6.30. The molecule has 1 aliphatic carbocycles. The summed E-state index contributed by atoms with van der Waals surface area (Å²) in [5, 5.41) is 10.2. The Morgan fingerprint density at radius 1 is 1.13 bits per heavy atom. The number of hydrogen-bond acceptors (Lipinski definition) is 7. The number of aromatic nitrogens is 2. The summed E-state index contributed by atoms with van der Waals surface area (Å²) >= 11 is 5.82. The van der Waals surface area contributed by atoms with E-state index >= 15 is 0 Å². The van der Waals surface area contributed by atoms with Crippen LogP contribution in [0.2, 0.25) is 5.02 Å². The SMILES string of the molecule is COCCN1CCN(C(=O)Nc2ccc3c(c2)c(C(N)=O)nn3CC(=O)N(CC(=O)NCc2cccc(Cl)c2F)C2CC2)CC1. The molecule has 0 spiro atoms. The normalized spacial score (nSPS) is 15.2. The third kappa shape index (κ3) is 7.88. The fourth-order valence-corrected chi connectivity index (χ4v) is 5.47. The van der Waals surface area contributed by atoms with E-state index in [9.17, 15) is 23.6 Å². The van der Waals surface area contributed by atoms with Gasteiger partial charge in [0.15, 0.2) is 5.69 Å². The van der Waals surface area contributed by atoms with Crippen molar-refractivity contribution in [3.8, 4) is 0 Å². The van der Waals surface area contributed by atoms with E-state index in [-0.39, 0.29) is 53.9 Å². The molecule has 1 aromatic heterocycles. The fraction of sp³-hybridized carbons (Fsp3) is 0.433. The largest absolute Gasteiger partial charge is 0.383 e. The third-order valence-corrected chi connectivity index (χ3v) is 8.21. The Hall–Kier alpha value is -4.27. The number of carbonyl (C=O) groups excluding carboxylic acids is 4. The standard InChI is InChI=1S/C30H36ClFN8O5/c1-45-14-13-37-9-11-38(12-10-37)30(44)35-20-5-8-24-22(15-20)28(29(33)43)36-40(24)18-26(42)39(21-6-7-21)17-25(41)34-16-19-3-2-4-23(31)27(19)32/h2-5,8,15,21H,6-7,9-14,16-18H2,1H3,(H2,33,43)(H,34,41)(H,35,44). The summed E-state index contributed by atoms with van der Waals surface area (Å²) in [5.74, 6) is -2.21. The molecule has 240 valence electrons. The van der Waals surface area contributed by atoms with Crippen LogP contribution in [0.1, 0.15) is 28.9 Å². The van der Waals surface area contributed by atoms with Gasteiger partial charge in [-0.3, -0.25) is 24.0 Å². The number of nitrogens with two attached hydrogens (primary N) is 1. The first-order valence-corrected chi connectivity index (χ1v) is 15.1. The predicted molar refractivity (Wildman–Crippen MR) is 165 cm³/mol. The summed E-state index contributed by atoms with van der Waals surface area (Å²) in [6.45, 7) is 3.52. The molecule has 5 rings (SSSR count). The van der Waals surface area contributed by atoms with Crippen LogP contribution in [0, 0.1) is 5.82 Å². The van der Waals surface area contributed by atoms with E-state index < -0.39 is 17.6 Å². The van der Waals surface area contributed by atoms with E-state index in [0.717, 1.165) is 32.5 Å². The van der Waals surface area contributed by atoms with Crippen LogP contribution in [-0.2, 0) is 27.4 Å². The van der Waals surface area contributed by atoms with Gasteiger partial charge >= 0.3 is 6.03 Å². The lowest BCUT2D eigenvalue weighted by molar-refractivity contribution is -0.137. The fourth-order valence-electron chi connectivity index (χ4n) is 5.27. The Bertz CT molecular complexity index is 1590. The molecule has 1 saturated carbocycles. The highest BCUT2D eigenvalue weighted by Crippen LogP contribution is 2.28. The number of ether oxygens (including phenoxy) is 1. The maximum atomic E-state index is 14.2. The second kappa shape index (κ2) is 14.2. The van der Waals surface area contributed by atoms with E-state index in [0.29, 0.717) is 36.3 Å². The van der Waals surface area contributed by atoms with Crippen molar-refractivity contribution in [3.05, 3.63) is 58.5 Å². The van der Waals surface area contributed by atoms with Crippen molar-refractivity contribution in [1.82, 2.24) is 29.8 Å². The van der Waals surface area contributed by atoms with Crippen molar-refractivity contribution in [3.63, 3.8) is 0 Å². The van der Waals surface area contributed by atoms with Crippen LogP contribution in [0.5, 0.6) is 0 Å². The van der Waals surface area contributed by atoms with Gasteiger partial charge in [0.25, 0.3) is 5.91 Å². The summed E-state index contributed by atoms with van der Waals surface area (Å²) in [4.78, 5) is 56.8. The Morgan fingerprint density at radius 2 is 1.89 bits per heavy atom. The number of nitrogens with one attached hydrogen (secondary N) is 2. The average molecular weight is 643 g/mol. The number of fused-ring (bicyclic) bond motifs is 1. The van der Waals surface area contributed by atoms with Gasteiger partial charge in [-0.1, -0.05) is 23.7 Å². The molecular weight excluding hydrogens is 607 g/mol. The molecule has 2 fully saturated rings. The molecule has 2 heterocycles. The van der Waals surface area contributed by atoms with Gasteiger partial charge in [0.2, 0.25) is 11.8 Å². The van der Waals surface area contributed by atoms with E-state index in [2.05, 4.69) is 20.6 Å². The smallest absolute Gasteiger partial charge is 0.321 e. The molecule has 15 heteroatoms. The maximum Gasteiger partial charge on any atom is 0.321 e. The van der Waals surface area contributed by atoms with Crippen molar-refractivity contribution < 1.29 is 28.3 Å². The second-order valence-corrected chi connectivity index (χ2v) is 11.5. The zero-order chi connectivity index (χ0) is 32.1. The number of urea groups is 1. The monoisotopic (exact) mass is 642 g/mol. The van der Waals surface area contributed by atoms with Crippen molar-refractivity contribution >= 4 is 51.9 Å². The number of halogens is 2. The quantitative estimate of drug-likeness (QED) is 0.273. The van der Waals surface area contributed by atoms with Crippen molar-refractivity contribution in [2.45, 2.75) is 32.0 Å². The van der Waals surface area contributed by atoms with Crippen LogP contribution in [0.15, 0.2) is 36.4 Å². The molecule has 2 aliphatic rings. The summed E-state index contributed by atoms with van der Waals surface area (Å²) in [7, 11) is 1.66. The molecule has 2 aromatic carbocycles. The number of anilines is 1. The average Bonchev–Trinajstić information content (AvgIpc) is 3.81. The van der Waals surface area contributed by atoms with Gasteiger partial charge in [-0.2, -0.15) is 5.10 Å². The molecule has 0 atom stereocenters. The Kier molecular flexibility index (Phi) is 10.2. The lowest BCUT2D eigenvalue weighted by atomic mass is 10.2. The number of carbonyl (C=O) groups is 4. The molecule has 45 heavy (non-hydrogen) atoms. The molecule has 1 saturated heterocycles. The van der Waals surface area contributed by atoms with E-state index in [4.69, 9.17) is 22.1 Å². The van der Waals surface area contributed by atoms with Gasteiger partial charge in [0.05, 0.1) is 23.7 Å². The first-order chi connectivity index (χ1) is 21.6. The van der Waals surface area contributed by atoms with Crippen LogP contribution in [0.25, 0.3) is 10.9 Å². The van der Waals surface area contributed by atoms with Gasteiger partial charge < -0.3 is 30.9 Å². The third-order valence-electron chi connectivity index (χ3n) is 7.92. The lowest BCUT2D eigenvalue weighted by Gasteiger charge is -2.34. The van der Waals surface area contributed by atoms with Gasteiger partial charge in [0.1, 0.15) is 12.4 Å². The maximum absolute atomic E-state index is 14.2. The van der Waals surface area contributed by atoms with E-state index in [1.54, 1.807) is 36.3 Å². The first-order valence-electron chi connectivity index (χ1n) is 14.7.